The summed E-state index contributed by atoms with van der Waals surface area (Å²) in [6.07, 6.45) is 0.598. The number of carbonyl (C=O) groups excluding carboxylic acids is 1. The molecule has 1 aliphatic rings. The van der Waals surface area contributed by atoms with Gasteiger partial charge in [0.1, 0.15) is 5.75 Å². The first-order valence-electron chi connectivity index (χ1n) is 8.66. The number of phenols is 1. The number of hydrogen-bond donors (Lipinski definition) is 1. The smallest absolute Gasteiger partial charge is 0.191 e. The molecular weight excluding hydrogens is 378 g/mol. The number of hydrogen-bond acceptors (Lipinski definition) is 7. The van der Waals surface area contributed by atoms with Crippen molar-refractivity contribution in [1.29, 1.82) is 0 Å². The Labute approximate surface area is 166 Å². The third kappa shape index (κ3) is 3.09. The molecule has 0 fully saturated rings. The van der Waals surface area contributed by atoms with Crippen molar-refractivity contribution in [3.05, 3.63) is 47.5 Å². The van der Waals surface area contributed by atoms with E-state index in [1.165, 1.54) is 11.8 Å². The standard InChI is InChI=1S/C20H19N3O4S/c1-23-19(11-4-6-13(24)7-5-11)21-22-20(23)28-17-9-12-8-15(26-2)16(27-3)10-14(12)18(17)25/h4-8,10,17,24H,9H2,1-3H3/t17-/m1/s1. The zero-order valence-corrected chi connectivity index (χ0v) is 16.5. The van der Waals surface area contributed by atoms with E-state index in [-0.39, 0.29) is 16.8 Å². The van der Waals surface area contributed by atoms with Gasteiger partial charge >= 0.3 is 0 Å². The molecule has 0 radical (unpaired) electrons. The third-order valence-electron chi connectivity index (χ3n) is 4.78. The first-order valence-corrected chi connectivity index (χ1v) is 9.54. The van der Waals surface area contributed by atoms with Crippen LogP contribution < -0.4 is 9.47 Å². The quantitative estimate of drug-likeness (QED) is 0.708. The van der Waals surface area contributed by atoms with Crippen molar-refractivity contribution in [3.8, 4) is 28.6 Å². The number of rotatable bonds is 5. The number of aromatic hydroxyl groups is 1. The van der Waals surface area contributed by atoms with Gasteiger partial charge in [-0.15, -0.1) is 10.2 Å². The fraction of sp³-hybridized carbons (Fsp3) is 0.250. The van der Waals surface area contributed by atoms with E-state index in [1.54, 1.807) is 44.6 Å². The first-order chi connectivity index (χ1) is 13.5. The second-order valence-electron chi connectivity index (χ2n) is 6.45. The number of nitrogens with zero attached hydrogens (tertiary/aromatic N) is 3. The van der Waals surface area contributed by atoms with E-state index in [9.17, 15) is 9.90 Å². The summed E-state index contributed by atoms with van der Waals surface area (Å²) in [5, 5.41) is 18.3. The lowest BCUT2D eigenvalue weighted by atomic mass is 10.1. The highest BCUT2D eigenvalue weighted by Gasteiger charge is 2.34. The Bertz CT molecular complexity index is 1050. The van der Waals surface area contributed by atoms with Crippen molar-refractivity contribution >= 4 is 17.5 Å². The van der Waals surface area contributed by atoms with Crippen LogP contribution in [0.4, 0.5) is 0 Å². The summed E-state index contributed by atoms with van der Waals surface area (Å²) in [7, 11) is 5.00. The Kier molecular flexibility index (Phi) is 4.72. The van der Waals surface area contributed by atoms with Crippen molar-refractivity contribution in [2.45, 2.75) is 16.8 Å². The Hall–Kier alpha value is -3.00. The van der Waals surface area contributed by atoms with Gasteiger partial charge in [0.05, 0.1) is 19.5 Å². The molecule has 1 atom stereocenters. The lowest BCUT2D eigenvalue weighted by molar-refractivity contribution is 0.1000. The topological polar surface area (TPSA) is 86.5 Å². The molecule has 0 aliphatic heterocycles. The van der Waals surface area contributed by atoms with Gasteiger partial charge in [-0.05, 0) is 48.4 Å². The molecule has 8 heteroatoms. The van der Waals surface area contributed by atoms with E-state index in [0.29, 0.717) is 34.5 Å². The van der Waals surface area contributed by atoms with Crippen molar-refractivity contribution in [1.82, 2.24) is 14.8 Å². The minimum absolute atomic E-state index is 0.0511. The Morgan fingerprint density at radius 3 is 2.46 bits per heavy atom. The molecule has 0 saturated carbocycles. The normalized spacial score (nSPS) is 15.5. The fourth-order valence-electron chi connectivity index (χ4n) is 3.29. The van der Waals surface area contributed by atoms with Crippen LogP contribution in [0.15, 0.2) is 41.6 Å². The van der Waals surface area contributed by atoms with Crippen molar-refractivity contribution in [2.24, 2.45) is 7.05 Å². The molecule has 4 rings (SSSR count). The molecule has 1 aromatic heterocycles. The molecule has 0 amide bonds. The van der Waals surface area contributed by atoms with Crippen LogP contribution in [0.5, 0.6) is 17.2 Å². The zero-order chi connectivity index (χ0) is 19.8. The largest absolute Gasteiger partial charge is 0.508 e. The van der Waals surface area contributed by atoms with Gasteiger partial charge in [-0.2, -0.15) is 0 Å². The SMILES string of the molecule is COc1cc2c(cc1OC)C(=O)[C@H](Sc1nnc(-c3ccc(O)cc3)n1C)C2. The van der Waals surface area contributed by atoms with Crippen LogP contribution in [0.1, 0.15) is 15.9 Å². The van der Waals surface area contributed by atoms with Crippen LogP contribution in [0.25, 0.3) is 11.4 Å². The minimum atomic E-state index is -0.276. The van der Waals surface area contributed by atoms with Crippen LogP contribution in [-0.4, -0.2) is 45.1 Å². The molecule has 7 nitrogen and oxygen atoms in total. The van der Waals surface area contributed by atoms with Crippen LogP contribution in [0.2, 0.25) is 0 Å². The number of methoxy groups -OCH3 is 2. The van der Waals surface area contributed by atoms with Gasteiger partial charge in [-0.25, -0.2) is 0 Å². The van der Waals surface area contributed by atoms with Crippen molar-refractivity contribution in [2.75, 3.05) is 14.2 Å². The number of aromatic nitrogens is 3. The highest BCUT2D eigenvalue weighted by atomic mass is 32.2. The zero-order valence-electron chi connectivity index (χ0n) is 15.7. The highest BCUT2D eigenvalue weighted by molar-refractivity contribution is 8.00. The molecule has 144 valence electrons. The fourth-order valence-corrected chi connectivity index (χ4v) is 4.37. The molecule has 3 aromatic rings. The second-order valence-corrected chi connectivity index (χ2v) is 7.62. The third-order valence-corrected chi connectivity index (χ3v) is 6.01. The van der Waals surface area contributed by atoms with Crippen LogP contribution >= 0.6 is 11.8 Å². The Balaban J connectivity index is 1.59. The van der Waals surface area contributed by atoms with Gasteiger partial charge in [-0.1, -0.05) is 11.8 Å². The van der Waals surface area contributed by atoms with Gasteiger partial charge < -0.3 is 19.1 Å². The molecule has 1 N–H and O–H groups in total. The van der Waals surface area contributed by atoms with Crippen LogP contribution in [0.3, 0.4) is 0 Å². The summed E-state index contributed by atoms with van der Waals surface area (Å²) < 4.78 is 12.5. The molecule has 0 saturated heterocycles. The van der Waals surface area contributed by atoms with Gasteiger partial charge in [0.2, 0.25) is 0 Å². The van der Waals surface area contributed by atoms with E-state index in [1.807, 2.05) is 17.7 Å². The number of carbonyl (C=O) groups is 1. The average Bonchev–Trinajstić information content (AvgIpc) is 3.21. The number of ether oxygens (including phenoxy) is 2. The van der Waals surface area contributed by atoms with E-state index in [0.717, 1.165) is 11.1 Å². The van der Waals surface area contributed by atoms with Gasteiger partial charge in [-0.3, -0.25) is 4.79 Å². The maximum atomic E-state index is 12.9. The van der Waals surface area contributed by atoms with Crippen LogP contribution in [0, 0.1) is 0 Å². The lowest BCUT2D eigenvalue weighted by Gasteiger charge is -2.09. The van der Waals surface area contributed by atoms with Gasteiger partial charge in [0.15, 0.2) is 28.3 Å². The molecule has 28 heavy (non-hydrogen) atoms. The van der Waals surface area contributed by atoms with Crippen LogP contribution in [-0.2, 0) is 13.5 Å². The number of ketones is 1. The average molecular weight is 397 g/mol. The number of thioether (sulfide) groups is 1. The summed E-state index contributed by atoms with van der Waals surface area (Å²) in [6.45, 7) is 0. The molecule has 1 heterocycles. The number of phenolic OH excluding ortho intramolecular Hbond substituents is 1. The number of fused-ring (bicyclic) bond motifs is 1. The van der Waals surface area contributed by atoms with Gasteiger partial charge in [0, 0.05) is 18.2 Å². The molecular formula is C20H19N3O4S. The summed E-state index contributed by atoms with van der Waals surface area (Å²) in [4.78, 5) is 12.9. The minimum Gasteiger partial charge on any atom is -0.508 e. The van der Waals surface area contributed by atoms with Crippen molar-refractivity contribution < 1.29 is 19.4 Å². The molecule has 1 aliphatic carbocycles. The van der Waals surface area contributed by atoms with E-state index < -0.39 is 0 Å². The summed E-state index contributed by atoms with van der Waals surface area (Å²) >= 11 is 1.40. The predicted octanol–water partition coefficient (Wildman–Crippen LogP) is 3.10. The Morgan fingerprint density at radius 2 is 1.79 bits per heavy atom. The second kappa shape index (κ2) is 7.20. The molecule has 2 aromatic carbocycles. The lowest BCUT2D eigenvalue weighted by Crippen LogP contribution is -2.12. The van der Waals surface area contributed by atoms with E-state index in [2.05, 4.69) is 10.2 Å². The summed E-state index contributed by atoms with van der Waals surface area (Å²) in [6, 6.07) is 10.4. The summed E-state index contributed by atoms with van der Waals surface area (Å²) in [5.41, 5.74) is 2.45. The highest BCUT2D eigenvalue weighted by Crippen LogP contribution is 2.39. The monoisotopic (exact) mass is 397 g/mol. The van der Waals surface area contributed by atoms with E-state index >= 15 is 0 Å². The maximum Gasteiger partial charge on any atom is 0.191 e. The van der Waals surface area contributed by atoms with Crippen molar-refractivity contribution in [3.63, 3.8) is 0 Å². The first kappa shape index (κ1) is 18.4. The number of benzene rings is 2. The maximum absolute atomic E-state index is 12.9. The number of Topliss-reactive ketones (excluding diaryl/α,β-unsaturated/α-hetero) is 1. The molecule has 0 spiro atoms. The van der Waals surface area contributed by atoms with Gasteiger partial charge in [0.25, 0.3) is 0 Å². The molecule has 0 bridgehead atoms. The Morgan fingerprint density at radius 1 is 1.11 bits per heavy atom. The molecule has 0 unspecified atom stereocenters. The summed E-state index contributed by atoms with van der Waals surface area (Å²) in [5.74, 6) is 2.09. The van der Waals surface area contributed by atoms with E-state index in [4.69, 9.17) is 9.47 Å². The predicted molar refractivity (Wildman–Crippen MR) is 105 cm³/mol.